The van der Waals surface area contributed by atoms with Crippen molar-refractivity contribution in [1.29, 1.82) is 0 Å². The molecule has 102 valence electrons. The molecule has 0 aliphatic heterocycles. The van der Waals surface area contributed by atoms with Crippen LogP contribution in [-0.4, -0.2) is 36.2 Å². The van der Waals surface area contributed by atoms with E-state index in [1.165, 1.54) is 12.3 Å². The minimum atomic E-state index is -3.54. The predicted octanol–water partition coefficient (Wildman–Crippen LogP) is -0.413. The van der Waals surface area contributed by atoms with E-state index in [2.05, 4.69) is 9.71 Å². The van der Waals surface area contributed by atoms with Gasteiger partial charge in [-0.1, -0.05) is 0 Å². The van der Waals surface area contributed by atoms with Gasteiger partial charge in [0.1, 0.15) is 4.90 Å². The molecule has 6 nitrogen and oxygen atoms in total. The number of nitrogens with zero attached hydrogens (tertiary/aromatic N) is 1. The van der Waals surface area contributed by atoms with E-state index in [4.69, 9.17) is 5.73 Å². The Labute approximate surface area is 110 Å². The molecule has 1 rings (SSSR count). The van der Waals surface area contributed by atoms with E-state index in [-0.39, 0.29) is 18.0 Å². The number of hydrogen-bond donors (Lipinski definition) is 2. The zero-order valence-corrected chi connectivity index (χ0v) is 11.8. The van der Waals surface area contributed by atoms with Crippen LogP contribution in [-0.2, 0) is 27.4 Å². The summed E-state index contributed by atoms with van der Waals surface area (Å²) in [6.45, 7) is 0.538. The van der Waals surface area contributed by atoms with Gasteiger partial charge in [0.25, 0.3) is 0 Å². The standard InChI is InChI=1S/C10H17N3O3S2/c1-17(14)6-2-5-13-18(15,16)10-4-3-9(7-11)12-8-10/h3-4,8,13H,2,5-7,11H2,1H3. The summed E-state index contributed by atoms with van der Waals surface area (Å²) in [4.78, 5) is 4.04. The van der Waals surface area contributed by atoms with Crippen LogP contribution in [0.2, 0.25) is 0 Å². The molecule has 18 heavy (non-hydrogen) atoms. The zero-order chi connectivity index (χ0) is 13.6. The van der Waals surface area contributed by atoms with Crippen molar-refractivity contribution in [3.8, 4) is 0 Å². The molecule has 0 fully saturated rings. The van der Waals surface area contributed by atoms with Crippen molar-refractivity contribution in [2.45, 2.75) is 17.9 Å². The van der Waals surface area contributed by atoms with Gasteiger partial charge in [0, 0.05) is 42.1 Å². The molecule has 1 aromatic rings. The van der Waals surface area contributed by atoms with Crippen LogP contribution in [0.25, 0.3) is 0 Å². The summed E-state index contributed by atoms with van der Waals surface area (Å²) < 4.78 is 36.9. The molecule has 3 N–H and O–H groups in total. The molecule has 1 atom stereocenters. The molecule has 0 aliphatic carbocycles. The summed E-state index contributed by atoms with van der Waals surface area (Å²) in [6, 6.07) is 3.05. The molecule has 1 aromatic heterocycles. The Hall–Kier alpha value is -0.830. The lowest BCUT2D eigenvalue weighted by molar-refractivity contribution is 0.580. The first kappa shape index (κ1) is 15.2. The highest BCUT2D eigenvalue weighted by atomic mass is 32.2. The molecule has 0 radical (unpaired) electrons. The van der Waals surface area contributed by atoms with E-state index in [1.807, 2.05) is 0 Å². The minimum absolute atomic E-state index is 0.109. The number of aromatic nitrogens is 1. The fourth-order valence-corrected chi connectivity index (χ4v) is 2.83. The second kappa shape index (κ2) is 6.93. The monoisotopic (exact) mass is 291 g/mol. The summed E-state index contributed by atoms with van der Waals surface area (Å²) in [5.41, 5.74) is 6.01. The second-order valence-electron chi connectivity index (χ2n) is 3.72. The Morgan fingerprint density at radius 3 is 2.67 bits per heavy atom. The van der Waals surface area contributed by atoms with Gasteiger partial charge in [-0.2, -0.15) is 0 Å². The smallest absolute Gasteiger partial charge is 0.242 e. The number of nitrogens with two attached hydrogens (primary N) is 1. The summed E-state index contributed by atoms with van der Waals surface area (Å²) in [5, 5.41) is 0. The van der Waals surface area contributed by atoms with Crippen LogP contribution in [0.3, 0.4) is 0 Å². The fraction of sp³-hybridized carbons (Fsp3) is 0.500. The second-order valence-corrected chi connectivity index (χ2v) is 7.04. The lowest BCUT2D eigenvalue weighted by Crippen LogP contribution is -2.25. The molecule has 0 amide bonds. The van der Waals surface area contributed by atoms with Gasteiger partial charge >= 0.3 is 0 Å². The number of rotatable bonds is 7. The lowest BCUT2D eigenvalue weighted by Gasteiger charge is -2.06. The maximum atomic E-state index is 11.8. The predicted molar refractivity (Wildman–Crippen MR) is 70.9 cm³/mol. The summed E-state index contributed by atoms with van der Waals surface area (Å²) in [7, 11) is -4.44. The van der Waals surface area contributed by atoms with Gasteiger partial charge in [0.15, 0.2) is 0 Å². The van der Waals surface area contributed by atoms with Crippen LogP contribution in [0.4, 0.5) is 0 Å². The first-order valence-corrected chi connectivity index (χ1v) is 8.61. The number of pyridine rings is 1. The van der Waals surface area contributed by atoms with E-state index < -0.39 is 20.8 Å². The molecule has 8 heteroatoms. The number of nitrogens with one attached hydrogen (secondary N) is 1. The first-order chi connectivity index (χ1) is 8.45. The van der Waals surface area contributed by atoms with Gasteiger partial charge in [-0.3, -0.25) is 9.19 Å². The van der Waals surface area contributed by atoms with Crippen LogP contribution in [0.1, 0.15) is 12.1 Å². The van der Waals surface area contributed by atoms with Gasteiger partial charge in [0.05, 0.1) is 5.69 Å². The molecular weight excluding hydrogens is 274 g/mol. The quantitative estimate of drug-likeness (QED) is 0.665. The molecule has 0 bridgehead atoms. The normalized spacial score (nSPS) is 13.4. The van der Waals surface area contributed by atoms with Crippen molar-refractivity contribution in [1.82, 2.24) is 9.71 Å². The molecule has 1 heterocycles. The lowest BCUT2D eigenvalue weighted by atomic mass is 10.4. The summed E-state index contributed by atoms with van der Waals surface area (Å²) >= 11 is 0. The highest BCUT2D eigenvalue weighted by Crippen LogP contribution is 2.07. The van der Waals surface area contributed by atoms with Gasteiger partial charge in [-0.15, -0.1) is 0 Å². The van der Waals surface area contributed by atoms with Gasteiger partial charge in [-0.25, -0.2) is 13.1 Å². The molecule has 0 aliphatic rings. The molecule has 0 aromatic carbocycles. The Morgan fingerprint density at radius 2 is 2.17 bits per heavy atom. The summed E-state index contributed by atoms with van der Waals surface area (Å²) in [5.74, 6) is 0.479. The summed E-state index contributed by atoms with van der Waals surface area (Å²) in [6.07, 6.45) is 3.41. The Bertz CT molecular complexity index is 500. The van der Waals surface area contributed by atoms with Crippen LogP contribution >= 0.6 is 0 Å². The molecule has 0 spiro atoms. The largest absolute Gasteiger partial charge is 0.325 e. The Morgan fingerprint density at radius 1 is 1.44 bits per heavy atom. The van der Waals surface area contributed by atoms with E-state index in [0.29, 0.717) is 17.9 Å². The third-order valence-electron chi connectivity index (χ3n) is 2.22. The van der Waals surface area contributed by atoms with E-state index in [0.717, 1.165) is 0 Å². The van der Waals surface area contributed by atoms with Crippen molar-refractivity contribution < 1.29 is 12.6 Å². The highest BCUT2D eigenvalue weighted by molar-refractivity contribution is 7.89. The van der Waals surface area contributed by atoms with Crippen molar-refractivity contribution in [2.75, 3.05) is 18.6 Å². The van der Waals surface area contributed by atoms with E-state index >= 15 is 0 Å². The highest BCUT2D eigenvalue weighted by Gasteiger charge is 2.13. The van der Waals surface area contributed by atoms with Crippen molar-refractivity contribution in [3.63, 3.8) is 0 Å². The zero-order valence-electron chi connectivity index (χ0n) is 10.1. The van der Waals surface area contributed by atoms with E-state index in [1.54, 1.807) is 12.3 Å². The van der Waals surface area contributed by atoms with Crippen LogP contribution < -0.4 is 10.5 Å². The van der Waals surface area contributed by atoms with Gasteiger partial charge in [0.2, 0.25) is 10.0 Å². The average molecular weight is 291 g/mol. The average Bonchev–Trinajstić information content (AvgIpc) is 2.34. The third-order valence-corrected chi connectivity index (χ3v) is 4.53. The number of hydrogen-bond acceptors (Lipinski definition) is 5. The van der Waals surface area contributed by atoms with Crippen LogP contribution in [0.5, 0.6) is 0 Å². The van der Waals surface area contributed by atoms with Crippen molar-refractivity contribution in [2.24, 2.45) is 5.73 Å². The minimum Gasteiger partial charge on any atom is -0.325 e. The topological polar surface area (TPSA) is 102 Å². The number of sulfonamides is 1. The van der Waals surface area contributed by atoms with Crippen molar-refractivity contribution >= 4 is 20.8 Å². The fourth-order valence-electron chi connectivity index (χ4n) is 1.26. The molecule has 0 saturated heterocycles. The maximum absolute atomic E-state index is 11.8. The molecule has 1 unspecified atom stereocenters. The molecule has 0 saturated carbocycles. The van der Waals surface area contributed by atoms with Gasteiger partial charge in [-0.05, 0) is 18.6 Å². The SMILES string of the molecule is CS(=O)CCCNS(=O)(=O)c1ccc(CN)nc1. The Kier molecular flexibility index (Phi) is 5.86. The maximum Gasteiger partial charge on any atom is 0.242 e. The van der Waals surface area contributed by atoms with E-state index in [9.17, 15) is 12.6 Å². The van der Waals surface area contributed by atoms with Crippen LogP contribution in [0, 0.1) is 0 Å². The Balaban J connectivity index is 2.59. The first-order valence-electron chi connectivity index (χ1n) is 5.40. The van der Waals surface area contributed by atoms with Gasteiger partial charge < -0.3 is 5.73 Å². The van der Waals surface area contributed by atoms with Crippen LogP contribution in [0.15, 0.2) is 23.2 Å². The molecular formula is C10H17N3O3S2. The van der Waals surface area contributed by atoms with Crippen molar-refractivity contribution in [3.05, 3.63) is 24.0 Å². The third kappa shape index (κ3) is 4.81.